The third-order valence-electron chi connectivity index (χ3n) is 3.03. The van der Waals surface area contributed by atoms with Gasteiger partial charge in [0.05, 0.1) is 0 Å². The molecule has 100 valence electrons. The van der Waals surface area contributed by atoms with Gasteiger partial charge in [0.1, 0.15) is 6.33 Å². The number of fused-ring (bicyclic) bond motifs is 1. The molecule has 0 aromatic carbocycles. The van der Waals surface area contributed by atoms with Crippen LogP contribution in [0.5, 0.6) is 0 Å². The first-order valence-electron chi connectivity index (χ1n) is 6.50. The van der Waals surface area contributed by atoms with Crippen molar-refractivity contribution < 1.29 is 4.79 Å². The molecule has 0 aliphatic heterocycles. The van der Waals surface area contributed by atoms with Crippen LogP contribution in [0.25, 0.3) is 5.65 Å². The fourth-order valence-corrected chi connectivity index (χ4v) is 1.87. The van der Waals surface area contributed by atoms with Crippen LogP contribution in [0.1, 0.15) is 25.7 Å². The second-order valence-electron chi connectivity index (χ2n) is 4.71. The summed E-state index contributed by atoms with van der Waals surface area (Å²) >= 11 is 0. The first kappa shape index (κ1) is 11.9. The minimum absolute atomic E-state index is 0.137. The standard InChI is InChI=1S/C12H16N6O/c19-10(16-9-3-4-9)2-1-5-13-11-12-17-15-8-18(12)7-6-14-11/h6-9H,1-5H2,(H,13,14)(H,16,19). The molecule has 1 aliphatic rings. The molecule has 0 unspecified atom stereocenters. The second-order valence-corrected chi connectivity index (χ2v) is 4.71. The van der Waals surface area contributed by atoms with Crippen molar-refractivity contribution in [2.45, 2.75) is 31.7 Å². The quantitative estimate of drug-likeness (QED) is 0.743. The Kier molecular flexibility index (Phi) is 3.26. The first-order valence-corrected chi connectivity index (χ1v) is 6.50. The maximum atomic E-state index is 11.5. The highest BCUT2D eigenvalue weighted by molar-refractivity contribution is 5.76. The molecular weight excluding hydrogens is 244 g/mol. The van der Waals surface area contributed by atoms with Crippen LogP contribution in [-0.2, 0) is 4.79 Å². The van der Waals surface area contributed by atoms with Gasteiger partial charge in [-0.1, -0.05) is 0 Å². The van der Waals surface area contributed by atoms with E-state index in [0.29, 0.717) is 30.5 Å². The lowest BCUT2D eigenvalue weighted by molar-refractivity contribution is -0.121. The zero-order valence-corrected chi connectivity index (χ0v) is 10.5. The van der Waals surface area contributed by atoms with Gasteiger partial charge in [-0.2, -0.15) is 0 Å². The number of hydrogen-bond acceptors (Lipinski definition) is 5. The molecular formula is C12H16N6O. The molecule has 1 amide bonds. The van der Waals surface area contributed by atoms with Crippen LogP contribution in [0.3, 0.4) is 0 Å². The highest BCUT2D eigenvalue weighted by atomic mass is 16.1. The molecule has 1 aliphatic carbocycles. The molecule has 7 heteroatoms. The van der Waals surface area contributed by atoms with Gasteiger partial charge in [-0.25, -0.2) is 4.98 Å². The average molecular weight is 260 g/mol. The van der Waals surface area contributed by atoms with E-state index in [0.717, 1.165) is 19.3 Å². The molecule has 2 aromatic rings. The number of amides is 1. The number of rotatable bonds is 6. The van der Waals surface area contributed by atoms with Crippen molar-refractivity contribution in [3.05, 3.63) is 18.7 Å². The lowest BCUT2D eigenvalue weighted by Crippen LogP contribution is -2.25. The third kappa shape index (κ3) is 2.98. The van der Waals surface area contributed by atoms with Crippen LogP contribution in [0.2, 0.25) is 0 Å². The van der Waals surface area contributed by atoms with Crippen molar-refractivity contribution in [1.82, 2.24) is 24.9 Å². The molecule has 7 nitrogen and oxygen atoms in total. The SMILES string of the molecule is O=C(CCCNc1nccn2cnnc12)NC1CC1. The number of aromatic nitrogens is 4. The molecule has 2 N–H and O–H groups in total. The molecule has 2 heterocycles. The molecule has 0 saturated heterocycles. The number of hydrogen-bond donors (Lipinski definition) is 2. The summed E-state index contributed by atoms with van der Waals surface area (Å²) < 4.78 is 1.80. The van der Waals surface area contributed by atoms with Crippen molar-refractivity contribution >= 4 is 17.4 Å². The summed E-state index contributed by atoms with van der Waals surface area (Å²) in [5.41, 5.74) is 0.699. The summed E-state index contributed by atoms with van der Waals surface area (Å²) in [7, 11) is 0. The van der Waals surface area contributed by atoms with Gasteiger partial charge < -0.3 is 10.6 Å². The molecule has 3 rings (SSSR count). The Morgan fingerprint density at radius 2 is 2.37 bits per heavy atom. The molecule has 2 aromatic heterocycles. The van der Waals surface area contributed by atoms with Crippen LogP contribution >= 0.6 is 0 Å². The van der Waals surface area contributed by atoms with Crippen molar-refractivity contribution in [3.8, 4) is 0 Å². The van der Waals surface area contributed by atoms with E-state index in [1.165, 1.54) is 0 Å². The van der Waals surface area contributed by atoms with Crippen LogP contribution in [0.4, 0.5) is 5.82 Å². The summed E-state index contributed by atoms with van der Waals surface area (Å²) in [6, 6.07) is 0.437. The van der Waals surface area contributed by atoms with E-state index in [4.69, 9.17) is 0 Å². The molecule has 19 heavy (non-hydrogen) atoms. The van der Waals surface area contributed by atoms with Gasteiger partial charge >= 0.3 is 0 Å². The zero-order valence-electron chi connectivity index (χ0n) is 10.5. The van der Waals surface area contributed by atoms with Crippen molar-refractivity contribution in [2.24, 2.45) is 0 Å². The molecule has 1 saturated carbocycles. The Morgan fingerprint density at radius 3 is 3.21 bits per heavy atom. The second kappa shape index (κ2) is 5.21. The third-order valence-corrected chi connectivity index (χ3v) is 3.03. The number of carbonyl (C=O) groups excluding carboxylic acids is 1. The van der Waals surface area contributed by atoms with Crippen molar-refractivity contribution in [1.29, 1.82) is 0 Å². The Labute approximate surface area is 110 Å². The molecule has 0 atom stereocenters. The number of nitrogens with one attached hydrogen (secondary N) is 2. The smallest absolute Gasteiger partial charge is 0.220 e. The lowest BCUT2D eigenvalue weighted by atomic mass is 10.3. The molecule has 0 bridgehead atoms. The average Bonchev–Trinajstić information content (AvgIpc) is 3.07. The van der Waals surface area contributed by atoms with Crippen molar-refractivity contribution in [2.75, 3.05) is 11.9 Å². The Hall–Kier alpha value is -2.18. The zero-order chi connectivity index (χ0) is 13.1. The maximum absolute atomic E-state index is 11.5. The van der Waals surface area contributed by atoms with Gasteiger partial charge in [-0.3, -0.25) is 9.20 Å². The van der Waals surface area contributed by atoms with Gasteiger partial charge in [-0.05, 0) is 19.3 Å². The lowest BCUT2D eigenvalue weighted by Gasteiger charge is -2.06. The number of carbonyl (C=O) groups is 1. The minimum atomic E-state index is 0.137. The Morgan fingerprint density at radius 1 is 1.47 bits per heavy atom. The van der Waals surface area contributed by atoms with Gasteiger partial charge in [0.25, 0.3) is 0 Å². The normalized spacial score (nSPS) is 14.5. The predicted molar refractivity (Wildman–Crippen MR) is 69.7 cm³/mol. The topological polar surface area (TPSA) is 84.2 Å². The van der Waals surface area contributed by atoms with Crippen LogP contribution < -0.4 is 10.6 Å². The summed E-state index contributed by atoms with van der Waals surface area (Å²) in [5, 5.41) is 14.0. The fraction of sp³-hybridized carbons (Fsp3) is 0.500. The maximum Gasteiger partial charge on any atom is 0.220 e. The summed E-state index contributed by atoms with van der Waals surface area (Å²) in [5.74, 6) is 0.834. The Balaban J connectivity index is 1.46. The van der Waals surface area contributed by atoms with Crippen LogP contribution in [0.15, 0.2) is 18.7 Å². The molecule has 0 spiro atoms. The van der Waals surface area contributed by atoms with E-state index in [9.17, 15) is 4.79 Å². The first-order chi connectivity index (χ1) is 9.33. The van der Waals surface area contributed by atoms with E-state index < -0.39 is 0 Å². The van der Waals surface area contributed by atoms with E-state index >= 15 is 0 Å². The highest BCUT2D eigenvalue weighted by Crippen LogP contribution is 2.18. The molecule has 1 fully saturated rings. The van der Waals surface area contributed by atoms with Crippen LogP contribution in [-0.4, -0.2) is 38.1 Å². The van der Waals surface area contributed by atoms with Gasteiger partial charge in [0, 0.05) is 31.4 Å². The van der Waals surface area contributed by atoms with Crippen molar-refractivity contribution in [3.63, 3.8) is 0 Å². The van der Waals surface area contributed by atoms with E-state index in [1.807, 2.05) is 0 Å². The van der Waals surface area contributed by atoms with Gasteiger partial charge in [-0.15, -0.1) is 10.2 Å². The molecule has 0 radical (unpaired) electrons. The van der Waals surface area contributed by atoms with E-state index in [2.05, 4.69) is 25.8 Å². The van der Waals surface area contributed by atoms with E-state index in [1.54, 1.807) is 23.1 Å². The number of nitrogens with zero attached hydrogens (tertiary/aromatic N) is 4. The predicted octanol–water partition coefficient (Wildman–Crippen LogP) is 0.595. The summed E-state index contributed by atoms with van der Waals surface area (Å²) in [6.07, 6.45) is 8.69. The van der Waals surface area contributed by atoms with Gasteiger partial charge in [0.15, 0.2) is 5.82 Å². The van der Waals surface area contributed by atoms with Crippen LogP contribution in [0, 0.1) is 0 Å². The summed E-state index contributed by atoms with van der Waals surface area (Å²) in [4.78, 5) is 15.7. The minimum Gasteiger partial charge on any atom is -0.367 e. The Bertz CT molecular complexity index is 576. The summed E-state index contributed by atoms with van der Waals surface area (Å²) in [6.45, 7) is 0.692. The highest BCUT2D eigenvalue weighted by Gasteiger charge is 2.22. The fourth-order valence-electron chi connectivity index (χ4n) is 1.87. The number of anilines is 1. The van der Waals surface area contributed by atoms with Gasteiger partial charge in [0.2, 0.25) is 11.6 Å². The largest absolute Gasteiger partial charge is 0.367 e. The van der Waals surface area contributed by atoms with E-state index in [-0.39, 0.29) is 5.91 Å². The monoisotopic (exact) mass is 260 g/mol.